The first-order valence-electron chi connectivity index (χ1n) is 4.93. The fourth-order valence-electron chi connectivity index (χ4n) is 2.10. The van der Waals surface area contributed by atoms with Crippen LogP contribution in [0.15, 0.2) is 16.6 Å². The van der Waals surface area contributed by atoms with Crippen molar-refractivity contribution in [3.8, 4) is 0 Å². The van der Waals surface area contributed by atoms with Crippen molar-refractivity contribution >= 4 is 15.9 Å². The number of nitrogens with one attached hydrogen (secondary N) is 1. The van der Waals surface area contributed by atoms with E-state index in [1.807, 2.05) is 6.07 Å². The molecule has 1 N–H and O–H groups in total. The minimum atomic E-state index is -0.0743. The van der Waals surface area contributed by atoms with Crippen LogP contribution < -0.4 is 5.32 Å². The van der Waals surface area contributed by atoms with Crippen molar-refractivity contribution in [1.29, 1.82) is 0 Å². The van der Waals surface area contributed by atoms with Crippen LogP contribution in [0, 0.1) is 5.82 Å². The molecule has 2 rings (SSSR count). The van der Waals surface area contributed by atoms with E-state index in [1.54, 1.807) is 6.07 Å². The van der Waals surface area contributed by atoms with E-state index >= 15 is 0 Å². The molecular weight excluding hydrogens is 245 g/mol. The number of hydrogen-bond donors (Lipinski definition) is 1. The Morgan fingerprint density at radius 2 is 2.36 bits per heavy atom. The van der Waals surface area contributed by atoms with Gasteiger partial charge in [0.15, 0.2) is 0 Å². The minimum absolute atomic E-state index is 0.0743. The van der Waals surface area contributed by atoms with Gasteiger partial charge in [-0.3, -0.25) is 0 Å². The Balaban J connectivity index is 2.38. The summed E-state index contributed by atoms with van der Waals surface area (Å²) < 4.78 is 14.3. The summed E-state index contributed by atoms with van der Waals surface area (Å²) >= 11 is 3.33. The maximum Gasteiger partial charge on any atom is 0.127 e. The zero-order chi connectivity index (χ0) is 10.1. The zero-order valence-corrected chi connectivity index (χ0v) is 9.70. The molecule has 0 saturated heterocycles. The lowest BCUT2D eigenvalue weighted by atomic mass is 10.1. The van der Waals surface area contributed by atoms with Gasteiger partial charge in [0.2, 0.25) is 0 Å². The van der Waals surface area contributed by atoms with E-state index in [0.717, 1.165) is 35.0 Å². The van der Waals surface area contributed by atoms with E-state index in [2.05, 4.69) is 28.2 Å². The van der Waals surface area contributed by atoms with Crippen LogP contribution in [0.5, 0.6) is 0 Å². The molecular formula is C11H13BrFN. The molecule has 0 aromatic heterocycles. The first-order valence-corrected chi connectivity index (χ1v) is 5.73. The molecule has 1 aromatic carbocycles. The van der Waals surface area contributed by atoms with Gasteiger partial charge in [-0.2, -0.15) is 0 Å². The maximum absolute atomic E-state index is 13.5. The lowest BCUT2D eigenvalue weighted by molar-refractivity contribution is 0.549. The minimum Gasteiger partial charge on any atom is -0.310 e. The molecule has 0 aliphatic heterocycles. The molecule has 0 amide bonds. The quantitative estimate of drug-likeness (QED) is 0.859. The van der Waals surface area contributed by atoms with Gasteiger partial charge in [-0.25, -0.2) is 4.39 Å². The molecule has 0 saturated carbocycles. The van der Waals surface area contributed by atoms with Gasteiger partial charge in [-0.15, -0.1) is 0 Å². The second kappa shape index (κ2) is 3.99. The SMILES string of the molecule is CCNC1CCc2c(F)cc(Br)cc21. The summed E-state index contributed by atoms with van der Waals surface area (Å²) in [6.07, 6.45) is 1.86. The number of rotatable bonds is 2. The van der Waals surface area contributed by atoms with Crippen molar-refractivity contribution < 1.29 is 4.39 Å². The van der Waals surface area contributed by atoms with Gasteiger partial charge >= 0.3 is 0 Å². The monoisotopic (exact) mass is 257 g/mol. The van der Waals surface area contributed by atoms with Crippen LogP contribution in [0.3, 0.4) is 0 Å². The van der Waals surface area contributed by atoms with Crippen LogP contribution in [0.25, 0.3) is 0 Å². The third kappa shape index (κ3) is 1.71. The number of halogens is 2. The molecule has 1 aliphatic rings. The van der Waals surface area contributed by atoms with Gasteiger partial charge in [-0.05, 0) is 42.6 Å². The smallest absolute Gasteiger partial charge is 0.127 e. The van der Waals surface area contributed by atoms with Gasteiger partial charge in [0.1, 0.15) is 5.82 Å². The molecule has 0 spiro atoms. The lowest BCUT2D eigenvalue weighted by Crippen LogP contribution is -2.18. The van der Waals surface area contributed by atoms with Crippen LogP contribution in [0.2, 0.25) is 0 Å². The molecule has 3 heteroatoms. The Labute approximate surface area is 91.8 Å². The average Bonchev–Trinajstić information content (AvgIpc) is 2.49. The van der Waals surface area contributed by atoms with Crippen LogP contribution in [0.1, 0.15) is 30.5 Å². The molecule has 1 nitrogen and oxygen atoms in total. The summed E-state index contributed by atoms with van der Waals surface area (Å²) in [6.45, 7) is 3.00. The maximum atomic E-state index is 13.5. The standard InChI is InChI=1S/C11H13BrFN/c1-2-14-11-4-3-8-9(11)5-7(12)6-10(8)13/h5-6,11,14H,2-4H2,1H3. The molecule has 1 aromatic rings. The lowest BCUT2D eigenvalue weighted by Gasteiger charge is -2.12. The summed E-state index contributed by atoms with van der Waals surface area (Å²) in [5.41, 5.74) is 2.01. The second-order valence-electron chi connectivity index (χ2n) is 3.60. The third-order valence-electron chi connectivity index (χ3n) is 2.70. The number of benzene rings is 1. The van der Waals surface area contributed by atoms with E-state index in [1.165, 1.54) is 0 Å². The van der Waals surface area contributed by atoms with E-state index in [9.17, 15) is 4.39 Å². The molecule has 1 aliphatic carbocycles. The molecule has 1 atom stereocenters. The van der Waals surface area contributed by atoms with Gasteiger partial charge in [-0.1, -0.05) is 22.9 Å². The fourth-order valence-corrected chi connectivity index (χ4v) is 2.55. The van der Waals surface area contributed by atoms with Gasteiger partial charge in [0.05, 0.1) is 0 Å². The van der Waals surface area contributed by atoms with Crippen molar-refractivity contribution in [2.24, 2.45) is 0 Å². The number of hydrogen-bond acceptors (Lipinski definition) is 1. The van der Waals surface area contributed by atoms with Crippen LogP contribution >= 0.6 is 15.9 Å². The highest BCUT2D eigenvalue weighted by molar-refractivity contribution is 9.10. The number of fused-ring (bicyclic) bond motifs is 1. The van der Waals surface area contributed by atoms with E-state index in [0.29, 0.717) is 6.04 Å². The Morgan fingerprint density at radius 3 is 3.07 bits per heavy atom. The van der Waals surface area contributed by atoms with Crippen molar-refractivity contribution in [2.45, 2.75) is 25.8 Å². The Bertz CT molecular complexity index is 351. The Hall–Kier alpha value is -0.410. The van der Waals surface area contributed by atoms with Gasteiger partial charge in [0.25, 0.3) is 0 Å². The van der Waals surface area contributed by atoms with Crippen molar-refractivity contribution in [3.05, 3.63) is 33.5 Å². The molecule has 76 valence electrons. The van der Waals surface area contributed by atoms with Crippen LogP contribution in [-0.2, 0) is 6.42 Å². The Morgan fingerprint density at radius 1 is 1.57 bits per heavy atom. The first-order chi connectivity index (χ1) is 6.72. The summed E-state index contributed by atoms with van der Waals surface area (Å²) in [7, 11) is 0. The topological polar surface area (TPSA) is 12.0 Å². The summed E-state index contributed by atoms with van der Waals surface area (Å²) in [4.78, 5) is 0. The predicted octanol–water partition coefficient (Wildman–Crippen LogP) is 3.19. The predicted molar refractivity (Wildman–Crippen MR) is 58.8 cm³/mol. The average molecular weight is 258 g/mol. The summed E-state index contributed by atoms with van der Waals surface area (Å²) in [6, 6.07) is 3.91. The largest absolute Gasteiger partial charge is 0.310 e. The van der Waals surface area contributed by atoms with Crippen LogP contribution in [0.4, 0.5) is 4.39 Å². The molecule has 0 bridgehead atoms. The molecule has 0 fully saturated rings. The normalized spacial score (nSPS) is 19.8. The molecule has 1 unspecified atom stereocenters. The highest BCUT2D eigenvalue weighted by atomic mass is 79.9. The van der Waals surface area contributed by atoms with E-state index in [-0.39, 0.29) is 5.82 Å². The van der Waals surface area contributed by atoms with Crippen LogP contribution in [-0.4, -0.2) is 6.54 Å². The molecule has 14 heavy (non-hydrogen) atoms. The zero-order valence-electron chi connectivity index (χ0n) is 8.11. The van der Waals surface area contributed by atoms with Gasteiger partial charge in [0, 0.05) is 10.5 Å². The fraction of sp³-hybridized carbons (Fsp3) is 0.455. The van der Waals surface area contributed by atoms with Crippen molar-refractivity contribution in [2.75, 3.05) is 6.54 Å². The summed E-state index contributed by atoms with van der Waals surface area (Å²) in [5.74, 6) is -0.0743. The first kappa shape index (κ1) is 10.1. The molecule has 0 heterocycles. The Kier molecular flexibility index (Phi) is 2.88. The van der Waals surface area contributed by atoms with Gasteiger partial charge < -0.3 is 5.32 Å². The highest BCUT2D eigenvalue weighted by Gasteiger charge is 2.24. The summed E-state index contributed by atoms with van der Waals surface area (Å²) in [5, 5.41) is 3.37. The van der Waals surface area contributed by atoms with E-state index < -0.39 is 0 Å². The highest BCUT2D eigenvalue weighted by Crippen LogP contribution is 2.34. The van der Waals surface area contributed by atoms with Crippen molar-refractivity contribution in [3.63, 3.8) is 0 Å². The second-order valence-corrected chi connectivity index (χ2v) is 4.52. The van der Waals surface area contributed by atoms with E-state index in [4.69, 9.17) is 0 Å². The van der Waals surface area contributed by atoms with Crippen molar-refractivity contribution in [1.82, 2.24) is 5.32 Å². The third-order valence-corrected chi connectivity index (χ3v) is 3.16. The molecule has 0 radical (unpaired) electrons.